The highest BCUT2D eigenvalue weighted by Crippen LogP contribution is 2.22. The Morgan fingerprint density at radius 1 is 1.17 bits per heavy atom. The molecule has 2 heterocycles. The summed E-state index contributed by atoms with van der Waals surface area (Å²) in [7, 11) is 0. The Morgan fingerprint density at radius 3 is 2.56 bits per heavy atom. The maximum Gasteiger partial charge on any atom is 0.180 e. The maximum absolute atomic E-state index is 5.98. The molecular weight excluding hydrogens is 224 g/mol. The molecule has 0 aliphatic carbocycles. The van der Waals surface area contributed by atoms with E-state index >= 15 is 0 Å². The molecule has 0 aliphatic heterocycles. The normalized spacial score (nSPS) is 10.6. The van der Waals surface area contributed by atoms with Crippen molar-refractivity contribution in [2.24, 2.45) is 0 Å². The molecule has 2 aromatic rings. The molecule has 0 saturated carbocycles. The molecule has 2 rings (SSSR count). The minimum atomic E-state index is 0.563. The summed E-state index contributed by atoms with van der Waals surface area (Å²) >= 11 is 0. The number of aromatic nitrogens is 3. The van der Waals surface area contributed by atoms with Gasteiger partial charge < -0.3 is 5.73 Å². The number of rotatable bonds is 3. The molecule has 0 spiro atoms. The van der Waals surface area contributed by atoms with Crippen LogP contribution in [0.15, 0.2) is 18.3 Å². The summed E-state index contributed by atoms with van der Waals surface area (Å²) in [5.74, 6) is 1.19. The Labute approximate surface area is 107 Å². The van der Waals surface area contributed by atoms with E-state index in [0.29, 0.717) is 11.6 Å². The average molecular weight is 242 g/mol. The third-order valence-electron chi connectivity index (χ3n) is 3.08. The fraction of sp³-hybridized carbons (Fsp3) is 0.357. The fourth-order valence-electron chi connectivity index (χ4n) is 2.09. The van der Waals surface area contributed by atoms with E-state index in [9.17, 15) is 0 Å². The van der Waals surface area contributed by atoms with Gasteiger partial charge in [-0.05, 0) is 31.4 Å². The summed E-state index contributed by atoms with van der Waals surface area (Å²) in [6.45, 7) is 6.12. The third kappa shape index (κ3) is 2.18. The van der Waals surface area contributed by atoms with E-state index in [2.05, 4.69) is 28.8 Å². The van der Waals surface area contributed by atoms with Crippen LogP contribution < -0.4 is 5.73 Å². The Balaban J connectivity index is 2.58. The number of aryl methyl sites for hydroxylation is 2. The van der Waals surface area contributed by atoms with Gasteiger partial charge in [0.2, 0.25) is 0 Å². The minimum Gasteiger partial charge on any atom is -0.383 e. The monoisotopic (exact) mass is 242 g/mol. The van der Waals surface area contributed by atoms with E-state index in [1.54, 1.807) is 6.20 Å². The average Bonchev–Trinajstić information content (AvgIpc) is 2.38. The van der Waals surface area contributed by atoms with Gasteiger partial charge >= 0.3 is 0 Å². The molecular formula is C14H18N4. The van der Waals surface area contributed by atoms with E-state index in [1.807, 2.05) is 19.1 Å². The number of nitrogens with zero attached hydrogens (tertiary/aromatic N) is 3. The van der Waals surface area contributed by atoms with Crippen LogP contribution in [0.1, 0.15) is 30.7 Å². The molecule has 18 heavy (non-hydrogen) atoms. The van der Waals surface area contributed by atoms with E-state index < -0.39 is 0 Å². The van der Waals surface area contributed by atoms with Crippen LogP contribution in [0.25, 0.3) is 11.5 Å². The van der Waals surface area contributed by atoms with Gasteiger partial charge in [0.1, 0.15) is 11.5 Å². The van der Waals surface area contributed by atoms with Crippen molar-refractivity contribution in [3.8, 4) is 11.5 Å². The van der Waals surface area contributed by atoms with Crippen molar-refractivity contribution in [2.45, 2.75) is 33.6 Å². The molecule has 0 fully saturated rings. The number of hydrogen-bond donors (Lipinski definition) is 1. The first kappa shape index (κ1) is 12.5. The second-order valence-corrected chi connectivity index (χ2v) is 4.21. The van der Waals surface area contributed by atoms with Gasteiger partial charge in [-0.2, -0.15) is 0 Å². The molecule has 0 aliphatic rings. The Kier molecular flexibility index (Phi) is 3.55. The van der Waals surface area contributed by atoms with Crippen LogP contribution >= 0.6 is 0 Å². The van der Waals surface area contributed by atoms with Crippen molar-refractivity contribution in [3.63, 3.8) is 0 Å². The standard InChI is InChI=1S/C14H18N4/c1-4-10-7-6-8-16-12(10)14-17-9(3)11(5-2)13(15)18-14/h6-8H,4-5H2,1-3H3,(H2,15,17,18). The fourth-order valence-corrected chi connectivity index (χ4v) is 2.09. The van der Waals surface area contributed by atoms with Crippen LogP contribution in [-0.2, 0) is 12.8 Å². The first-order valence-corrected chi connectivity index (χ1v) is 6.24. The molecule has 0 saturated heterocycles. The Hall–Kier alpha value is -1.97. The molecule has 2 aromatic heterocycles. The van der Waals surface area contributed by atoms with E-state index in [-0.39, 0.29) is 0 Å². The van der Waals surface area contributed by atoms with Gasteiger partial charge in [0, 0.05) is 17.5 Å². The van der Waals surface area contributed by atoms with Crippen molar-refractivity contribution in [3.05, 3.63) is 35.2 Å². The van der Waals surface area contributed by atoms with E-state index in [4.69, 9.17) is 5.73 Å². The first-order chi connectivity index (χ1) is 8.67. The lowest BCUT2D eigenvalue weighted by atomic mass is 10.1. The summed E-state index contributed by atoms with van der Waals surface area (Å²) in [6.07, 6.45) is 3.51. The smallest absolute Gasteiger partial charge is 0.180 e. The summed E-state index contributed by atoms with van der Waals surface area (Å²) < 4.78 is 0. The topological polar surface area (TPSA) is 64.7 Å². The Morgan fingerprint density at radius 2 is 1.94 bits per heavy atom. The van der Waals surface area contributed by atoms with Crippen LogP contribution in [-0.4, -0.2) is 15.0 Å². The molecule has 0 unspecified atom stereocenters. The lowest BCUT2D eigenvalue weighted by molar-refractivity contribution is 0.993. The van der Waals surface area contributed by atoms with Crippen molar-refractivity contribution in [2.75, 3.05) is 5.73 Å². The van der Waals surface area contributed by atoms with Gasteiger partial charge in [0.25, 0.3) is 0 Å². The molecule has 4 heteroatoms. The predicted octanol–water partition coefficient (Wildman–Crippen LogP) is 2.55. The van der Waals surface area contributed by atoms with Gasteiger partial charge in [-0.1, -0.05) is 19.9 Å². The maximum atomic E-state index is 5.98. The van der Waals surface area contributed by atoms with Crippen molar-refractivity contribution < 1.29 is 0 Å². The quantitative estimate of drug-likeness (QED) is 0.898. The molecule has 2 N–H and O–H groups in total. The minimum absolute atomic E-state index is 0.563. The molecule has 0 bridgehead atoms. The van der Waals surface area contributed by atoms with Crippen LogP contribution in [0.5, 0.6) is 0 Å². The van der Waals surface area contributed by atoms with Gasteiger partial charge in [0.15, 0.2) is 5.82 Å². The zero-order valence-corrected chi connectivity index (χ0v) is 11.1. The van der Waals surface area contributed by atoms with Crippen molar-refractivity contribution in [1.82, 2.24) is 15.0 Å². The summed E-state index contributed by atoms with van der Waals surface area (Å²) in [6, 6.07) is 3.98. The highest BCUT2D eigenvalue weighted by atomic mass is 15.0. The lowest BCUT2D eigenvalue weighted by Crippen LogP contribution is -2.06. The van der Waals surface area contributed by atoms with Gasteiger partial charge in [-0.3, -0.25) is 4.98 Å². The Bertz CT molecular complexity index is 540. The third-order valence-corrected chi connectivity index (χ3v) is 3.08. The van der Waals surface area contributed by atoms with Crippen molar-refractivity contribution >= 4 is 5.82 Å². The van der Waals surface area contributed by atoms with Crippen LogP contribution in [0, 0.1) is 6.92 Å². The van der Waals surface area contributed by atoms with Crippen LogP contribution in [0.4, 0.5) is 5.82 Å². The molecule has 94 valence electrons. The number of nitrogens with two attached hydrogens (primary N) is 1. The van der Waals surface area contributed by atoms with Gasteiger partial charge in [-0.25, -0.2) is 9.97 Å². The number of hydrogen-bond acceptors (Lipinski definition) is 4. The SMILES string of the molecule is CCc1cccnc1-c1nc(C)c(CC)c(N)n1. The lowest BCUT2D eigenvalue weighted by Gasteiger charge is -2.10. The second-order valence-electron chi connectivity index (χ2n) is 4.21. The molecule has 0 radical (unpaired) electrons. The molecule has 0 atom stereocenters. The van der Waals surface area contributed by atoms with Crippen LogP contribution in [0.3, 0.4) is 0 Å². The highest BCUT2D eigenvalue weighted by molar-refractivity contribution is 5.58. The summed E-state index contributed by atoms with van der Waals surface area (Å²) in [5.41, 5.74) is 9.91. The van der Waals surface area contributed by atoms with Crippen LogP contribution in [0.2, 0.25) is 0 Å². The number of anilines is 1. The predicted molar refractivity (Wildman–Crippen MR) is 73.2 cm³/mol. The summed E-state index contributed by atoms with van der Waals surface area (Å²) in [5, 5.41) is 0. The zero-order chi connectivity index (χ0) is 13.1. The largest absolute Gasteiger partial charge is 0.383 e. The second kappa shape index (κ2) is 5.12. The molecule has 4 nitrogen and oxygen atoms in total. The summed E-state index contributed by atoms with van der Waals surface area (Å²) in [4.78, 5) is 13.3. The van der Waals surface area contributed by atoms with E-state index in [1.165, 1.54) is 0 Å². The molecule has 0 amide bonds. The molecule has 0 aromatic carbocycles. The number of nitrogen functional groups attached to an aromatic ring is 1. The highest BCUT2D eigenvalue weighted by Gasteiger charge is 2.12. The van der Waals surface area contributed by atoms with Gasteiger partial charge in [0.05, 0.1) is 0 Å². The first-order valence-electron chi connectivity index (χ1n) is 6.24. The van der Waals surface area contributed by atoms with Crippen molar-refractivity contribution in [1.29, 1.82) is 0 Å². The van der Waals surface area contributed by atoms with Gasteiger partial charge in [-0.15, -0.1) is 0 Å². The zero-order valence-electron chi connectivity index (χ0n) is 11.1. The van der Waals surface area contributed by atoms with E-state index in [0.717, 1.165) is 35.4 Å². The number of pyridine rings is 1.